The molecule has 0 aliphatic heterocycles. The van der Waals surface area contributed by atoms with Gasteiger partial charge in [0.25, 0.3) is 0 Å². The molecule has 2 heterocycles. The maximum atomic E-state index is 4.08. The smallest absolute Gasteiger partial charge is 0.136 e. The van der Waals surface area contributed by atoms with Gasteiger partial charge in [-0.05, 0) is 12.1 Å². The minimum absolute atomic E-state index is 0. The topological polar surface area (TPSA) is 17.3 Å². The van der Waals surface area contributed by atoms with Crippen molar-refractivity contribution in [2.24, 2.45) is 0 Å². The fourth-order valence-electron chi connectivity index (χ4n) is 0.864. The van der Waals surface area contributed by atoms with Gasteiger partial charge in [0.1, 0.15) is 5.65 Å². The predicted molar refractivity (Wildman–Crippen MR) is 55.5 cm³/mol. The van der Waals surface area contributed by atoms with Crippen molar-refractivity contribution in [3.63, 3.8) is 0 Å². The average molecular weight is 227 g/mol. The van der Waals surface area contributed by atoms with E-state index in [0.717, 1.165) is 5.65 Å². The maximum Gasteiger partial charge on any atom is 0.136 e. The van der Waals surface area contributed by atoms with E-state index in [1.807, 2.05) is 35.0 Å². The molecule has 1 aliphatic rings. The number of fused-ring (bicyclic) bond motifs is 1. The number of aromatic nitrogens is 2. The third-order valence-electron chi connectivity index (χ3n) is 1.66. The second kappa shape index (κ2) is 6.64. The van der Waals surface area contributed by atoms with E-state index >= 15 is 0 Å². The molecule has 0 aromatic carbocycles. The SMILES string of the molecule is C1CC1.[CH3-].[Cr].c1ccn2ccnc2c1. The van der Waals surface area contributed by atoms with Gasteiger partial charge < -0.3 is 11.8 Å². The molecule has 0 unspecified atom stereocenters. The van der Waals surface area contributed by atoms with Crippen LogP contribution in [0.5, 0.6) is 0 Å². The first kappa shape index (κ1) is 13.2. The largest absolute Gasteiger partial charge is 0.358 e. The minimum atomic E-state index is 0. The minimum Gasteiger partial charge on any atom is -0.358 e. The number of nitrogens with zero attached hydrogens (tertiary/aromatic N) is 2. The number of imidazole rings is 1. The van der Waals surface area contributed by atoms with Gasteiger partial charge in [-0.1, -0.05) is 25.3 Å². The van der Waals surface area contributed by atoms with Crippen LogP contribution in [-0.2, 0) is 17.4 Å². The molecule has 0 N–H and O–H groups in total. The van der Waals surface area contributed by atoms with E-state index in [1.165, 1.54) is 19.3 Å². The van der Waals surface area contributed by atoms with Gasteiger partial charge in [0.05, 0.1) is 0 Å². The Morgan fingerprint density at radius 1 is 1.07 bits per heavy atom. The Morgan fingerprint density at radius 2 is 1.79 bits per heavy atom. The maximum absolute atomic E-state index is 4.08. The molecule has 0 atom stereocenters. The zero-order valence-corrected chi connectivity index (χ0v) is 9.66. The molecule has 2 aromatic heterocycles. The summed E-state index contributed by atoms with van der Waals surface area (Å²) in [5.74, 6) is 0. The molecule has 0 saturated heterocycles. The summed E-state index contributed by atoms with van der Waals surface area (Å²) in [5.41, 5.74) is 0.998. The number of hydrogen-bond donors (Lipinski definition) is 0. The first-order chi connectivity index (χ1) is 5.97. The van der Waals surface area contributed by atoms with E-state index in [2.05, 4.69) is 4.98 Å². The van der Waals surface area contributed by atoms with Gasteiger partial charge in [-0.25, -0.2) is 4.98 Å². The molecule has 2 nitrogen and oxygen atoms in total. The van der Waals surface area contributed by atoms with Crippen LogP contribution in [0.2, 0.25) is 0 Å². The Kier molecular flexibility index (Phi) is 6.27. The normalized spacial score (nSPS) is 11.7. The van der Waals surface area contributed by atoms with E-state index in [0.29, 0.717) is 0 Å². The summed E-state index contributed by atoms with van der Waals surface area (Å²) in [6, 6.07) is 5.93. The summed E-state index contributed by atoms with van der Waals surface area (Å²) < 4.78 is 1.97. The Hall–Kier alpha value is -0.778. The van der Waals surface area contributed by atoms with Crippen LogP contribution in [0.1, 0.15) is 19.3 Å². The van der Waals surface area contributed by atoms with Gasteiger partial charge in [-0.2, -0.15) is 0 Å². The van der Waals surface area contributed by atoms with Gasteiger partial charge in [-0.3, -0.25) is 0 Å². The molecular weight excluding hydrogens is 212 g/mol. The number of pyridine rings is 1. The summed E-state index contributed by atoms with van der Waals surface area (Å²) in [6.07, 6.45) is 10.2. The van der Waals surface area contributed by atoms with E-state index < -0.39 is 0 Å². The molecule has 3 heteroatoms. The quantitative estimate of drug-likeness (QED) is 0.632. The van der Waals surface area contributed by atoms with Crippen molar-refractivity contribution >= 4 is 5.65 Å². The molecule has 3 rings (SSSR count). The zero-order valence-electron chi connectivity index (χ0n) is 8.39. The molecular formula is C11H15CrN2-. The van der Waals surface area contributed by atoms with Gasteiger partial charge in [0, 0.05) is 36.0 Å². The summed E-state index contributed by atoms with van der Waals surface area (Å²) in [7, 11) is 0. The Balaban J connectivity index is 0.000000295. The molecule has 0 amide bonds. The van der Waals surface area contributed by atoms with Crippen LogP contribution in [0.25, 0.3) is 5.65 Å². The van der Waals surface area contributed by atoms with Crippen LogP contribution >= 0.6 is 0 Å². The van der Waals surface area contributed by atoms with Crippen molar-refractivity contribution in [3.05, 3.63) is 44.2 Å². The van der Waals surface area contributed by atoms with Gasteiger partial charge in [0.2, 0.25) is 0 Å². The Morgan fingerprint density at radius 3 is 2.36 bits per heavy atom. The average Bonchev–Trinajstić information content (AvgIpc) is 2.91. The van der Waals surface area contributed by atoms with Crippen molar-refractivity contribution < 1.29 is 17.4 Å². The van der Waals surface area contributed by atoms with E-state index in [4.69, 9.17) is 0 Å². The molecule has 76 valence electrons. The second-order valence-corrected chi connectivity index (χ2v) is 2.95. The van der Waals surface area contributed by atoms with Gasteiger partial charge in [-0.15, -0.1) is 0 Å². The number of rotatable bonds is 0. The van der Waals surface area contributed by atoms with Crippen LogP contribution in [-0.4, -0.2) is 9.38 Å². The van der Waals surface area contributed by atoms with Gasteiger partial charge in [0.15, 0.2) is 0 Å². The van der Waals surface area contributed by atoms with Crippen LogP contribution in [0, 0.1) is 7.43 Å². The summed E-state index contributed by atoms with van der Waals surface area (Å²) in [5, 5.41) is 0. The van der Waals surface area contributed by atoms with E-state index in [1.54, 1.807) is 6.20 Å². The zero-order chi connectivity index (χ0) is 8.23. The molecule has 1 fully saturated rings. The number of hydrogen-bond acceptors (Lipinski definition) is 1. The molecule has 2 aromatic rings. The summed E-state index contributed by atoms with van der Waals surface area (Å²) >= 11 is 0. The first-order valence-corrected chi connectivity index (χ1v) is 4.34. The molecule has 1 saturated carbocycles. The first-order valence-electron chi connectivity index (χ1n) is 4.34. The fourth-order valence-corrected chi connectivity index (χ4v) is 0.864. The molecule has 0 bridgehead atoms. The van der Waals surface area contributed by atoms with E-state index in [-0.39, 0.29) is 24.8 Å². The molecule has 0 radical (unpaired) electrons. The van der Waals surface area contributed by atoms with Crippen LogP contribution in [0.4, 0.5) is 0 Å². The van der Waals surface area contributed by atoms with Crippen molar-refractivity contribution in [2.75, 3.05) is 0 Å². The predicted octanol–water partition coefficient (Wildman–Crippen LogP) is 2.95. The van der Waals surface area contributed by atoms with E-state index in [9.17, 15) is 0 Å². The Labute approximate surface area is 96.1 Å². The monoisotopic (exact) mass is 227 g/mol. The van der Waals surface area contributed by atoms with Crippen molar-refractivity contribution in [1.29, 1.82) is 0 Å². The van der Waals surface area contributed by atoms with Crippen LogP contribution in [0.15, 0.2) is 36.8 Å². The molecule has 14 heavy (non-hydrogen) atoms. The third-order valence-corrected chi connectivity index (χ3v) is 1.66. The van der Waals surface area contributed by atoms with Crippen molar-refractivity contribution in [1.82, 2.24) is 9.38 Å². The van der Waals surface area contributed by atoms with Crippen LogP contribution < -0.4 is 0 Å². The second-order valence-electron chi connectivity index (χ2n) is 2.95. The standard InChI is InChI=1S/C7H6N2.C3H6.CH3.Cr/c1-2-5-9-6-4-8-7(9)3-1;1-2-3-1;;/h1-6H;1-3H2;1H3;/q;;-1;. The fraction of sp³-hybridized carbons (Fsp3) is 0.273. The summed E-state index contributed by atoms with van der Waals surface area (Å²) in [6.45, 7) is 0. The van der Waals surface area contributed by atoms with Crippen LogP contribution in [0.3, 0.4) is 0 Å². The van der Waals surface area contributed by atoms with Crippen molar-refractivity contribution in [3.8, 4) is 0 Å². The Bertz CT molecular complexity index is 322. The molecule has 0 spiro atoms. The van der Waals surface area contributed by atoms with Crippen molar-refractivity contribution in [2.45, 2.75) is 19.3 Å². The van der Waals surface area contributed by atoms with Gasteiger partial charge >= 0.3 is 0 Å². The third kappa shape index (κ3) is 3.95. The molecule has 1 aliphatic carbocycles. The summed E-state index contributed by atoms with van der Waals surface area (Å²) in [4.78, 5) is 4.08.